The number of benzene rings is 1. The largest absolute Gasteiger partial charge is 0.497 e. The first-order chi connectivity index (χ1) is 9.15. The summed E-state index contributed by atoms with van der Waals surface area (Å²) < 4.78 is 5.11. The van der Waals surface area contributed by atoms with Crippen molar-refractivity contribution in [1.29, 1.82) is 11.1 Å². The predicted octanol–water partition coefficient (Wildman–Crippen LogP) is 1.41. The Morgan fingerprint density at radius 3 is 2.84 bits per heavy atom. The molecule has 0 amide bonds. The normalized spacial score (nSPS) is 20.4. The fourth-order valence-electron chi connectivity index (χ4n) is 2.04. The second-order valence-electron chi connectivity index (χ2n) is 3.99. The van der Waals surface area contributed by atoms with Gasteiger partial charge in [-0.15, -0.1) is 0 Å². The first-order valence-corrected chi connectivity index (χ1v) is 5.42. The molecule has 19 heavy (non-hydrogen) atoms. The summed E-state index contributed by atoms with van der Waals surface area (Å²) in [6, 6.07) is 5.01. The standard InChI is InChI=1S/C11H9N6O2/c1-19-5-2-3-6-7(4-5)8-9(10(6)18)16-17(13)11(14-8)15-12/h2-4,11-13H,1H3/q+1. The summed E-state index contributed by atoms with van der Waals surface area (Å²) in [4.78, 5) is 16.9. The summed E-state index contributed by atoms with van der Waals surface area (Å²) in [5.74, 6) is 0.320. The van der Waals surface area contributed by atoms with Crippen LogP contribution in [-0.2, 0) is 0 Å². The number of hydrogen-bond acceptors (Lipinski definition) is 6. The van der Waals surface area contributed by atoms with Gasteiger partial charge in [0.2, 0.25) is 11.5 Å². The van der Waals surface area contributed by atoms with Crippen molar-refractivity contribution in [2.75, 3.05) is 7.11 Å². The van der Waals surface area contributed by atoms with E-state index in [2.05, 4.69) is 15.2 Å². The summed E-state index contributed by atoms with van der Waals surface area (Å²) >= 11 is 0. The van der Waals surface area contributed by atoms with Crippen LogP contribution in [0, 0.1) is 11.1 Å². The number of nitrogens with one attached hydrogen (secondary N) is 2. The number of carbonyl (C=O) groups excluding carboxylic acids is 1. The van der Waals surface area contributed by atoms with Crippen LogP contribution in [0.3, 0.4) is 0 Å². The van der Waals surface area contributed by atoms with Gasteiger partial charge in [0.25, 0.3) is 0 Å². The van der Waals surface area contributed by atoms with Crippen LogP contribution in [0.15, 0.2) is 33.4 Å². The van der Waals surface area contributed by atoms with Crippen LogP contribution >= 0.6 is 0 Å². The molecule has 1 heterocycles. The molecule has 2 aliphatic rings. The third-order valence-corrected chi connectivity index (χ3v) is 2.95. The highest BCUT2D eigenvalue weighted by atomic mass is 16.5. The zero-order valence-electron chi connectivity index (χ0n) is 9.91. The first-order valence-electron chi connectivity index (χ1n) is 5.42. The summed E-state index contributed by atoms with van der Waals surface area (Å²) in [5.41, 5.74) is 16.0. The lowest BCUT2D eigenvalue weighted by Crippen LogP contribution is -2.29. The van der Waals surface area contributed by atoms with E-state index in [1.54, 1.807) is 18.2 Å². The zero-order valence-corrected chi connectivity index (χ0v) is 9.91. The number of aliphatic imine (C=N–C) groups is 1. The van der Waals surface area contributed by atoms with Crippen LogP contribution in [-0.4, -0.2) is 35.4 Å². The highest BCUT2D eigenvalue weighted by Crippen LogP contribution is 2.28. The molecule has 0 saturated heterocycles. The number of methoxy groups -OCH3 is 1. The van der Waals surface area contributed by atoms with Gasteiger partial charge in [0.1, 0.15) is 11.5 Å². The number of hydrogen-bond donors (Lipinski definition) is 2. The number of ketones is 1. The fraction of sp³-hybridized carbons (Fsp3) is 0.182. The lowest BCUT2D eigenvalue weighted by Gasteiger charge is -2.06. The van der Waals surface area contributed by atoms with E-state index in [9.17, 15) is 4.79 Å². The number of ether oxygens (including phenoxy) is 1. The predicted molar refractivity (Wildman–Crippen MR) is 63.2 cm³/mol. The van der Waals surface area contributed by atoms with Gasteiger partial charge in [-0.3, -0.25) is 4.79 Å². The average Bonchev–Trinajstić information content (AvgIpc) is 2.70. The molecule has 1 aliphatic heterocycles. The molecule has 1 aromatic rings. The molecular weight excluding hydrogens is 248 g/mol. The molecule has 3 rings (SSSR count). The molecule has 1 atom stereocenters. The van der Waals surface area contributed by atoms with E-state index in [0.29, 0.717) is 27.4 Å². The quantitative estimate of drug-likeness (QED) is 0.616. The highest BCUT2D eigenvalue weighted by Gasteiger charge is 2.41. The molecule has 0 radical (unpaired) electrons. The number of hydrazone groups is 1. The van der Waals surface area contributed by atoms with Crippen molar-refractivity contribution in [3.8, 4) is 5.75 Å². The topological polar surface area (TPSA) is 114 Å². The van der Waals surface area contributed by atoms with Crippen molar-refractivity contribution in [1.82, 2.24) is 0 Å². The molecule has 8 heteroatoms. The molecule has 2 N–H and O–H groups in total. The molecular formula is C11H9N6O2+. The van der Waals surface area contributed by atoms with Gasteiger partial charge in [0, 0.05) is 16.2 Å². The van der Waals surface area contributed by atoms with E-state index in [0.717, 1.165) is 0 Å². The minimum atomic E-state index is -1.05. The number of Topliss-reactive ketones (excluding diaryl/α,β-unsaturated/α-hetero) is 1. The van der Waals surface area contributed by atoms with Crippen LogP contribution in [0.25, 0.3) is 0 Å². The second kappa shape index (κ2) is 3.87. The van der Waals surface area contributed by atoms with E-state index in [4.69, 9.17) is 15.8 Å². The van der Waals surface area contributed by atoms with Gasteiger partial charge in [0.15, 0.2) is 0 Å². The summed E-state index contributed by atoms with van der Waals surface area (Å²) in [6.45, 7) is 0. The molecule has 0 aromatic heterocycles. The van der Waals surface area contributed by atoms with Crippen molar-refractivity contribution in [3.05, 3.63) is 29.3 Å². The lowest BCUT2D eigenvalue weighted by atomic mass is 10.1. The number of rotatable bonds is 2. The van der Waals surface area contributed by atoms with Gasteiger partial charge in [0.05, 0.1) is 11.9 Å². The van der Waals surface area contributed by atoms with Crippen molar-refractivity contribution < 1.29 is 14.3 Å². The Labute approximate surface area is 107 Å². The minimum Gasteiger partial charge on any atom is -0.497 e. The Morgan fingerprint density at radius 2 is 2.16 bits per heavy atom. The average molecular weight is 257 g/mol. The van der Waals surface area contributed by atoms with Crippen LogP contribution in [0.5, 0.6) is 5.75 Å². The van der Waals surface area contributed by atoms with Crippen LogP contribution in [0.4, 0.5) is 0 Å². The van der Waals surface area contributed by atoms with Crippen LogP contribution < -0.4 is 4.74 Å². The molecule has 1 aliphatic carbocycles. The maximum atomic E-state index is 12.1. The third kappa shape index (κ3) is 1.49. The molecule has 1 aromatic carbocycles. The minimum absolute atomic E-state index is 0.109. The molecule has 1 unspecified atom stereocenters. The Hall–Kier alpha value is -2.77. The third-order valence-electron chi connectivity index (χ3n) is 2.95. The highest BCUT2D eigenvalue weighted by molar-refractivity contribution is 6.78. The second-order valence-corrected chi connectivity index (χ2v) is 3.99. The molecule has 94 valence electrons. The van der Waals surface area contributed by atoms with Gasteiger partial charge in [-0.25, -0.2) is 5.53 Å². The zero-order chi connectivity index (χ0) is 13.6. The fourth-order valence-corrected chi connectivity index (χ4v) is 2.04. The van der Waals surface area contributed by atoms with Gasteiger partial charge >= 0.3 is 6.29 Å². The van der Waals surface area contributed by atoms with Gasteiger partial charge in [-0.1, -0.05) is 5.11 Å². The summed E-state index contributed by atoms with van der Waals surface area (Å²) in [7, 11) is 1.53. The Morgan fingerprint density at radius 1 is 1.37 bits per heavy atom. The van der Waals surface area contributed by atoms with E-state index in [1.807, 2.05) is 0 Å². The van der Waals surface area contributed by atoms with Gasteiger partial charge in [-0.05, 0) is 23.7 Å². The van der Waals surface area contributed by atoms with E-state index in [1.165, 1.54) is 7.11 Å². The van der Waals surface area contributed by atoms with E-state index >= 15 is 0 Å². The maximum Gasteiger partial charge on any atom is 0.418 e. The van der Waals surface area contributed by atoms with Crippen molar-refractivity contribution >= 4 is 17.2 Å². The van der Waals surface area contributed by atoms with Crippen molar-refractivity contribution in [2.45, 2.75) is 6.29 Å². The molecule has 0 spiro atoms. The molecule has 0 fully saturated rings. The maximum absolute atomic E-state index is 12.1. The van der Waals surface area contributed by atoms with Crippen molar-refractivity contribution in [3.63, 3.8) is 0 Å². The number of fused-ring (bicyclic) bond motifs is 3. The van der Waals surface area contributed by atoms with E-state index in [-0.39, 0.29) is 11.5 Å². The summed E-state index contributed by atoms with van der Waals surface area (Å²) in [6.07, 6.45) is -1.05. The van der Waals surface area contributed by atoms with Gasteiger partial charge in [-0.2, -0.15) is 4.99 Å². The Balaban J connectivity index is 2.22. The van der Waals surface area contributed by atoms with Crippen LogP contribution in [0.1, 0.15) is 15.9 Å². The van der Waals surface area contributed by atoms with Crippen LogP contribution in [0.2, 0.25) is 0 Å². The molecule has 8 nitrogen and oxygen atoms in total. The lowest BCUT2D eigenvalue weighted by molar-refractivity contribution is -0.653. The van der Waals surface area contributed by atoms with Crippen molar-refractivity contribution in [2.24, 2.45) is 15.2 Å². The molecule has 0 saturated carbocycles. The smallest absolute Gasteiger partial charge is 0.418 e. The van der Waals surface area contributed by atoms with E-state index < -0.39 is 6.29 Å². The van der Waals surface area contributed by atoms with Gasteiger partial charge < -0.3 is 4.74 Å². The SMILES string of the molecule is COc1ccc2c(c1)C1=NC(N=N)[N+](=N)N=C1C2=O. The first kappa shape index (κ1) is 11.3. The number of carbonyl (C=O) groups is 1. The number of nitrogens with zero attached hydrogens (tertiary/aromatic N) is 4. The summed E-state index contributed by atoms with van der Waals surface area (Å²) in [5, 5.41) is 7.01. The molecule has 0 bridgehead atoms. The Bertz CT molecular complexity index is 690. The Kier molecular flexibility index (Phi) is 2.31. The monoisotopic (exact) mass is 257 g/mol.